The number of hydrogen-bond acceptors (Lipinski definition) is 3. The van der Waals surface area contributed by atoms with E-state index >= 15 is 0 Å². The maximum atomic E-state index is 11.7. The minimum absolute atomic E-state index is 0.151. The van der Waals surface area contributed by atoms with Crippen molar-refractivity contribution >= 4 is 10.0 Å². The number of sulfonamides is 1. The summed E-state index contributed by atoms with van der Waals surface area (Å²) in [5, 5.41) is 0. The third-order valence-corrected chi connectivity index (χ3v) is 4.94. The second kappa shape index (κ2) is 4.59. The van der Waals surface area contributed by atoms with Crippen molar-refractivity contribution in [3.63, 3.8) is 0 Å². The zero-order valence-corrected chi connectivity index (χ0v) is 9.76. The minimum Gasteiger partial charge on any atom is -0.330 e. The first-order chi connectivity index (χ1) is 6.49. The van der Waals surface area contributed by atoms with Crippen molar-refractivity contribution in [1.29, 1.82) is 0 Å². The number of nitrogens with zero attached hydrogens (tertiary/aromatic N) is 1. The lowest BCUT2D eigenvalue weighted by Crippen LogP contribution is -2.38. The van der Waals surface area contributed by atoms with Crippen molar-refractivity contribution in [2.24, 2.45) is 11.7 Å². The smallest absolute Gasteiger partial charge is 0.214 e. The molecule has 1 unspecified atom stereocenters. The Morgan fingerprint density at radius 1 is 1.50 bits per heavy atom. The molecule has 84 valence electrons. The van der Waals surface area contributed by atoms with Crippen molar-refractivity contribution in [2.75, 3.05) is 19.3 Å². The van der Waals surface area contributed by atoms with E-state index in [0.29, 0.717) is 18.9 Å². The molecule has 1 aliphatic rings. The molecule has 1 rings (SSSR count). The molecule has 0 saturated heterocycles. The van der Waals surface area contributed by atoms with Crippen LogP contribution in [0.1, 0.15) is 26.2 Å². The molecule has 1 saturated carbocycles. The Bertz CT molecular complexity index is 273. The van der Waals surface area contributed by atoms with Gasteiger partial charge in [0.2, 0.25) is 10.0 Å². The molecule has 1 fully saturated rings. The zero-order valence-electron chi connectivity index (χ0n) is 8.94. The Morgan fingerprint density at radius 2 is 2.07 bits per heavy atom. The summed E-state index contributed by atoms with van der Waals surface area (Å²) in [7, 11) is -1.40. The molecule has 4 nitrogen and oxygen atoms in total. The molecule has 14 heavy (non-hydrogen) atoms. The van der Waals surface area contributed by atoms with Gasteiger partial charge in [0.05, 0.1) is 5.75 Å². The predicted octanol–water partition coefficient (Wildman–Crippen LogP) is 0.395. The maximum Gasteiger partial charge on any atom is 0.214 e. The van der Waals surface area contributed by atoms with Crippen LogP contribution in [0, 0.1) is 5.92 Å². The van der Waals surface area contributed by atoms with Crippen LogP contribution in [0.25, 0.3) is 0 Å². The zero-order chi connectivity index (χ0) is 10.8. The standard InChI is InChI=1S/C9H20N2O2S/c1-8(9-4-5-9)11(2)14(12,13)7-3-6-10/h8-9H,3-7,10H2,1-2H3. The molecule has 0 spiro atoms. The van der Waals surface area contributed by atoms with Crippen LogP contribution in [-0.2, 0) is 10.0 Å². The highest BCUT2D eigenvalue weighted by molar-refractivity contribution is 7.89. The van der Waals surface area contributed by atoms with E-state index < -0.39 is 10.0 Å². The molecular formula is C9H20N2O2S. The van der Waals surface area contributed by atoms with Gasteiger partial charge in [-0.3, -0.25) is 0 Å². The van der Waals surface area contributed by atoms with E-state index in [1.807, 2.05) is 6.92 Å². The van der Waals surface area contributed by atoms with E-state index in [2.05, 4.69) is 0 Å². The Balaban J connectivity index is 2.52. The van der Waals surface area contributed by atoms with Crippen LogP contribution in [0.2, 0.25) is 0 Å². The minimum atomic E-state index is -3.07. The van der Waals surface area contributed by atoms with Crippen molar-refractivity contribution < 1.29 is 8.42 Å². The Kier molecular flexibility index (Phi) is 3.92. The van der Waals surface area contributed by atoms with Gasteiger partial charge in [-0.1, -0.05) is 0 Å². The van der Waals surface area contributed by atoms with Crippen LogP contribution in [0.5, 0.6) is 0 Å². The summed E-state index contributed by atoms with van der Waals surface area (Å²) >= 11 is 0. The normalized spacial score (nSPS) is 20.0. The molecule has 0 heterocycles. The van der Waals surface area contributed by atoms with E-state index in [4.69, 9.17) is 5.73 Å². The average Bonchev–Trinajstić information content (AvgIpc) is 2.95. The summed E-state index contributed by atoms with van der Waals surface area (Å²) in [6.45, 7) is 2.42. The van der Waals surface area contributed by atoms with Gasteiger partial charge < -0.3 is 5.73 Å². The number of rotatable bonds is 6. The van der Waals surface area contributed by atoms with Crippen LogP contribution < -0.4 is 5.73 Å². The lowest BCUT2D eigenvalue weighted by molar-refractivity contribution is 0.356. The van der Waals surface area contributed by atoms with E-state index in [0.717, 1.165) is 12.8 Å². The van der Waals surface area contributed by atoms with Gasteiger partial charge in [0.15, 0.2) is 0 Å². The van der Waals surface area contributed by atoms with Gasteiger partial charge >= 0.3 is 0 Å². The topological polar surface area (TPSA) is 63.4 Å². The van der Waals surface area contributed by atoms with Crippen LogP contribution in [-0.4, -0.2) is 38.1 Å². The van der Waals surface area contributed by atoms with E-state index in [-0.39, 0.29) is 11.8 Å². The van der Waals surface area contributed by atoms with Gasteiger partial charge in [0.1, 0.15) is 0 Å². The average molecular weight is 220 g/mol. The van der Waals surface area contributed by atoms with Crippen LogP contribution in [0.15, 0.2) is 0 Å². The molecule has 0 radical (unpaired) electrons. The van der Waals surface area contributed by atoms with Gasteiger partial charge in [-0.2, -0.15) is 0 Å². The highest BCUT2D eigenvalue weighted by Gasteiger charge is 2.34. The van der Waals surface area contributed by atoms with E-state index in [1.54, 1.807) is 7.05 Å². The number of nitrogens with two attached hydrogens (primary N) is 1. The molecular weight excluding hydrogens is 200 g/mol. The van der Waals surface area contributed by atoms with Crippen molar-refractivity contribution in [3.8, 4) is 0 Å². The van der Waals surface area contributed by atoms with Crippen molar-refractivity contribution in [2.45, 2.75) is 32.2 Å². The Morgan fingerprint density at radius 3 is 2.50 bits per heavy atom. The highest BCUT2D eigenvalue weighted by Crippen LogP contribution is 2.35. The molecule has 0 aromatic carbocycles. The highest BCUT2D eigenvalue weighted by atomic mass is 32.2. The van der Waals surface area contributed by atoms with Crippen molar-refractivity contribution in [3.05, 3.63) is 0 Å². The molecule has 5 heteroatoms. The largest absolute Gasteiger partial charge is 0.330 e. The Labute approximate surface area is 86.5 Å². The predicted molar refractivity (Wildman–Crippen MR) is 57.4 cm³/mol. The first-order valence-corrected chi connectivity index (χ1v) is 6.75. The molecule has 0 aliphatic heterocycles. The van der Waals surface area contributed by atoms with Gasteiger partial charge in [-0.15, -0.1) is 0 Å². The lowest BCUT2D eigenvalue weighted by Gasteiger charge is -2.23. The van der Waals surface area contributed by atoms with E-state index in [9.17, 15) is 8.42 Å². The second-order valence-electron chi connectivity index (χ2n) is 4.05. The quantitative estimate of drug-likeness (QED) is 0.704. The third-order valence-electron chi connectivity index (χ3n) is 2.92. The fourth-order valence-corrected chi connectivity index (χ4v) is 3.04. The third kappa shape index (κ3) is 2.93. The van der Waals surface area contributed by atoms with Gasteiger partial charge in [-0.05, 0) is 38.6 Å². The first-order valence-electron chi connectivity index (χ1n) is 5.15. The molecule has 1 aliphatic carbocycles. The summed E-state index contributed by atoms with van der Waals surface area (Å²) in [6, 6.07) is 0.151. The maximum absolute atomic E-state index is 11.7. The molecule has 0 bridgehead atoms. The summed E-state index contributed by atoms with van der Waals surface area (Å²) in [5.74, 6) is 0.754. The monoisotopic (exact) mass is 220 g/mol. The summed E-state index contributed by atoms with van der Waals surface area (Å²) in [5.41, 5.74) is 5.30. The van der Waals surface area contributed by atoms with Crippen LogP contribution in [0.4, 0.5) is 0 Å². The fraction of sp³-hybridized carbons (Fsp3) is 1.00. The van der Waals surface area contributed by atoms with Crippen LogP contribution >= 0.6 is 0 Å². The van der Waals surface area contributed by atoms with Crippen molar-refractivity contribution in [1.82, 2.24) is 4.31 Å². The first kappa shape index (κ1) is 11.9. The summed E-state index contributed by atoms with van der Waals surface area (Å²) in [4.78, 5) is 0. The molecule has 0 aromatic rings. The van der Waals surface area contributed by atoms with Gasteiger partial charge in [0.25, 0.3) is 0 Å². The summed E-state index contributed by atoms with van der Waals surface area (Å²) < 4.78 is 25.0. The molecule has 0 amide bonds. The number of hydrogen-bond donors (Lipinski definition) is 1. The summed E-state index contributed by atoms with van der Waals surface area (Å²) in [6.07, 6.45) is 2.87. The van der Waals surface area contributed by atoms with Crippen LogP contribution in [0.3, 0.4) is 0 Å². The SMILES string of the molecule is CC(C1CC1)N(C)S(=O)(=O)CCCN. The molecule has 0 aromatic heterocycles. The molecule has 1 atom stereocenters. The Hall–Kier alpha value is -0.130. The molecule has 2 N–H and O–H groups in total. The second-order valence-corrected chi connectivity index (χ2v) is 6.20. The van der Waals surface area contributed by atoms with Gasteiger partial charge in [-0.25, -0.2) is 12.7 Å². The lowest BCUT2D eigenvalue weighted by atomic mass is 10.2. The van der Waals surface area contributed by atoms with Gasteiger partial charge in [0, 0.05) is 13.1 Å². The fourth-order valence-electron chi connectivity index (χ4n) is 1.54. The van der Waals surface area contributed by atoms with E-state index in [1.165, 1.54) is 4.31 Å².